The summed E-state index contributed by atoms with van der Waals surface area (Å²) in [5.41, 5.74) is 5.77. The van der Waals surface area contributed by atoms with Gasteiger partial charge >= 0.3 is 0 Å². The van der Waals surface area contributed by atoms with Crippen LogP contribution < -0.4 is 10.6 Å². The van der Waals surface area contributed by atoms with E-state index >= 15 is 0 Å². The zero-order valence-corrected chi connectivity index (χ0v) is 10.5. The highest BCUT2D eigenvalue weighted by molar-refractivity contribution is 7.09. The molecular formula is C10H19N5S. The van der Waals surface area contributed by atoms with E-state index in [9.17, 15) is 0 Å². The lowest BCUT2D eigenvalue weighted by molar-refractivity contribution is 0.184. The first-order valence-electron chi connectivity index (χ1n) is 5.81. The Labute approximate surface area is 100 Å². The molecule has 0 radical (unpaired) electrons. The summed E-state index contributed by atoms with van der Waals surface area (Å²) >= 11 is 1.47. The summed E-state index contributed by atoms with van der Waals surface area (Å²) in [6.45, 7) is 7.19. The number of rotatable bonds is 4. The molecule has 0 aliphatic carbocycles. The van der Waals surface area contributed by atoms with Gasteiger partial charge in [0, 0.05) is 50.3 Å². The molecule has 16 heavy (non-hydrogen) atoms. The highest BCUT2D eigenvalue weighted by Crippen LogP contribution is 2.17. The van der Waals surface area contributed by atoms with Crippen LogP contribution in [0.25, 0.3) is 0 Å². The molecule has 1 aliphatic rings. The van der Waals surface area contributed by atoms with Crippen LogP contribution in [-0.4, -0.2) is 53.0 Å². The monoisotopic (exact) mass is 241 g/mol. The van der Waals surface area contributed by atoms with Gasteiger partial charge in [0.1, 0.15) is 6.33 Å². The van der Waals surface area contributed by atoms with Gasteiger partial charge in [-0.1, -0.05) is 6.92 Å². The summed E-state index contributed by atoms with van der Waals surface area (Å²) in [6, 6.07) is 0.538. The van der Waals surface area contributed by atoms with E-state index in [0.717, 1.165) is 44.3 Å². The third-order valence-electron chi connectivity index (χ3n) is 3.19. The van der Waals surface area contributed by atoms with Crippen LogP contribution in [0.5, 0.6) is 0 Å². The lowest BCUT2D eigenvalue weighted by atomic mass is 10.1. The van der Waals surface area contributed by atoms with Gasteiger partial charge in [-0.25, -0.2) is 4.98 Å². The van der Waals surface area contributed by atoms with Crippen molar-refractivity contribution in [3.8, 4) is 0 Å². The Morgan fingerprint density at radius 2 is 2.19 bits per heavy atom. The van der Waals surface area contributed by atoms with E-state index in [1.54, 1.807) is 6.33 Å². The van der Waals surface area contributed by atoms with Gasteiger partial charge in [-0.3, -0.25) is 4.90 Å². The summed E-state index contributed by atoms with van der Waals surface area (Å²) in [7, 11) is 0. The van der Waals surface area contributed by atoms with Gasteiger partial charge in [0.05, 0.1) is 0 Å². The molecule has 0 bridgehead atoms. The minimum Gasteiger partial charge on any atom is -0.344 e. The molecule has 2 rings (SSSR count). The second-order valence-electron chi connectivity index (χ2n) is 4.04. The zero-order valence-electron chi connectivity index (χ0n) is 9.67. The zero-order chi connectivity index (χ0) is 11.4. The summed E-state index contributed by atoms with van der Waals surface area (Å²) < 4.78 is 4.04. The normalized spacial score (nSPS) is 20.0. The molecule has 2 N–H and O–H groups in total. The van der Waals surface area contributed by atoms with E-state index in [4.69, 9.17) is 5.73 Å². The van der Waals surface area contributed by atoms with Crippen LogP contribution in [0.15, 0.2) is 6.33 Å². The maximum atomic E-state index is 5.77. The highest BCUT2D eigenvalue weighted by atomic mass is 32.1. The summed E-state index contributed by atoms with van der Waals surface area (Å²) in [6.07, 6.45) is 2.76. The van der Waals surface area contributed by atoms with Crippen molar-refractivity contribution in [3.63, 3.8) is 0 Å². The first-order chi connectivity index (χ1) is 7.85. The smallest absolute Gasteiger partial charge is 0.205 e. The van der Waals surface area contributed by atoms with E-state index in [0.29, 0.717) is 6.04 Å². The van der Waals surface area contributed by atoms with Crippen molar-refractivity contribution in [2.24, 2.45) is 5.73 Å². The van der Waals surface area contributed by atoms with Crippen molar-refractivity contribution in [3.05, 3.63) is 6.33 Å². The molecule has 0 aromatic carbocycles. The van der Waals surface area contributed by atoms with Gasteiger partial charge in [0.25, 0.3) is 0 Å². The Balaban J connectivity index is 1.87. The molecule has 1 atom stereocenters. The van der Waals surface area contributed by atoms with Crippen molar-refractivity contribution in [1.82, 2.24) is 14.3 Å². The van der Waals surface area contributed by atoms with Crippen LogP contribution in [-0.2, 0) is 0 Å². The maximum Gasteiger partial charge on any atom is 0.205 e. The number of hydrogen-bond donors (Lipinski definition) is 1. The number of piperazine rings is 1. The minimum atomic E-state index is 0.538. The molecule has 1 fully saturated rings. The van der Waals surface area contributed by atoms with Crippen molar-refractivity contribution in [2.45, 2.75) is 19.4 Å². The Bertz CT molecular complexity index is 290. The average Bonchev–Trinajstić information content (AvgIpc) is 2.85. The van der Waals surface area contributed by atoms with E-state index in [2.05, 4.69) is 26.1 Å². The fourth-order valence-electron chi connectivity index (χ4n) is 2.16. The second-order valence-corrected chi connectivity index (χ2v) is 4.80. The van der Waals surface area contributed by atoms with E-state index in [1.165, 1.54) is 11.5 Å². The molecule has 1 saturated heterocycles. The van der Waals surface area contributed by atoms with Crippen LogP contribution in [0.3, 0.4) is 0 Å². The molecule has 90 valence electrons. The van der Waals surface area contributed by atoms with Crippen LogP contribution in [0.4, 0.5) is 5.13 Å². The highest BCUT2D eigenvalue weighted by Gasteiger charge is 2.22. The lowest BCUT2D eigenvalue weighted by Crippen LogP contribution is -2.52. The first kappa shape index (κ1) is 11.8. The quantitative estimate of drug-likeness (QED) is 0.827. The molecule has 0 spiro atoms. The molecular weight excluding hydrogens is 222 g/mol. The Morgan fingerprint density at radius 3 is 2.69 bits per heavy atom. The van der Waals surface area contributed by atoms with Gasteiger partial charge in [0.15, 0.2) is 0 Å². The van der Waals surface area contributed by atoms with Gasteiger partial charge in [-0.2, -0.15) is 4.37 Å². The summed E-state index contributed by atoms with van der Waals surface area (Å²) in [4.78, 5) is 9.03. The standard InChI is InChI=1S/C10H19N5S/c1-2-9(7-11)14-3-5-15(6-4-14)10-12-8-13-16-10/h8-9H,2-7,11H2,1H3. The number of nitrogens with zero attached hydrogens (tertiary/aromatic N) is 4. The largest absolute Gasteiger partial charge is 0.344 e. The molecule has 2 heterocycles. The topological polar surface area (TPSA) is 58.3 Å². The van der Waals surface area contributed by atoms with Crippen LogP contribution in [0, 0.1) is 0 Å². The van der Waals surface area contributed by atoms with Crippen LogP contribution in [0.1, 0.15) is 13.3 Å². The predicted molar refractivity (Wildman–Crippen MR) is 66.8 cm³/mol. The number of nitrogens with two attached hydrogens (primary N) is 1. The van der Waals surface area contributed by atoms with Gasteiger partial charge < -0.3 is 10.6 Å². The average molecular weight is 241 g/mol. The van der Waals surface area contributed by atoms with Crippen molar-refractivity contribution >= 4 is 16.7 Å². The van der Waals surface area contributed by atoms with Gasteiger partial charge in [-0.15, -0.1) is 0 Å². The van der Waals surface area contributed by atoms with E-state index in [1.807, 2.05) is 0 Å². The lowest BCUT2D eigenvalue weighted by Gasteiger charge is -2.38. The first-order valence-corrected chi connectivity index (χ1v) is 6.58. The van der Waals surface area contributed by atoms with Crippen molar-refractivity contribution < 1.29 is 0 Å². The third-order valence-corrected chi connectivity index (χ3v) is 3.92. The third kappa shape index (κ3) is 2.50. The van der Waals surface area contributed by atoms with Gasteiger partial charge in [0.2, 0.25) is 5.13 Å². The SMILES string of the molecule is CCC(CN)N1CCN(c2ncns2)CC1. The predicted octanol–water partition coefficient (Wildman–Crippen LogP) is 0.397. The molecule has 5 nitrogen and oxygen atoms in total. The second kappa shape index (κ2) is 5.56. The van der Waals surface area contributed by atoms with Gasteiger partial charge in [-0.05, 0) is 6.42 Å². The molecule has 0 saturated carbocycles. The molecule has 1 aromatic heterocycles. The summed E-state index contributed by atoms with van der Waals surface area (Å²) in [5.74, 6) is 0. The molecule has 0 amide bonds. The van der Waals surface area contributed by atoms with Crippen LogP contribution >= 0.6 is 11.5 Å². The number of aromatic nitrogens is 2. The van der Waals surface area contributed by atoms with E-state index < -0.39 is 0 Å². The number of anilines is 1. The van der Waals surface area contributed by atoms with Crippen molar-refractivity contribution in [2.75, 3.05) is 37.6 Å². The Kier molecular flexibility index (Phi) is 4.09. The van der Waals surface area contributed by atoms with Crippen molar-refractivity contribution in [1.29, 1.82) is 0 Å². The molecule has 6 heteroatoms. The Morgan fingerprint density at radius 1 is 1.44 bits per heavy atom. The molecule has 1 unspecified atom stereocenters. The minimum absolute atomic E-state index is 0.538. The summed E-state index contributed by atoms with van der Waals surface area (Å²) in [5, 5.41) is 1.04. The maximum absolute atomic E-state index is 5.77. The van der Waals surface area contributed by atoms with Crippen LogP contribution in [0.2, 0.25) is 0 Å². The molecule has 1 aromatic rings. The molecule has 1 aliphatic heterocycles. The fraction of sp³-hybridized carbons (Fsp3) is 0.800. The Hall–Kier alpha value is -0.720. The number of hydrogen-bond acceptors (Lipinski definition) is 6. The van der Waals surface area contributed by atoms with E-state index in [-0.39, 0.29) is 0 Å². The fourth-order valence-corrected chi connectivity index (χ4v) is 2.74.